The average Bonchev–Trinajstić information content (AvgIpc) is 2.27. The lowest BCUT2D eigenvalue weighted by Gasteiger charge is -2.38. The Hall–Kier alpha value is -0.810. The second kappa shape index (κ2) is 4.59. The van der Waals surface area contributed by atoms with Crippen molar-refractivity contribution in [1.29, 1.82) is 0 Å². The molecule has 1 saturated heterocycles. The molecule has 1 aliphatic heterocycles. The van der Waals surface area contributed by atoms with E-state index in [0.717, 1.165) is 30.2 Å². The smallest absolute Gasteiger partial charge is 0.155 e. The molecule has 88 valence electrons. The summed E-state index contributed by atoms with van der Waals surface area (Å²) < 4.78 is 0.279. The van der Waals surface area contributed by atoms with E-state index >= 15 is 0 Å². The Morgan fingerprint density at radius 2 is 2.38 bits per heavy atom. The van der Waals surface area contributed by atoms with Crippen LogP contribution in [0.15, 0.2) is 12.3 Å². The van der Waals surface area contributed by atoms with Crippen LogP contribution in [0.3, 0.4) is 0 Å². The van der Waals surface area contributed by atoms with Gasteiger partial charge in [-0.15, -0.1) is 5.10 Å². The molecule has 1 aliphatic rings. The second-order valence-electron chi connectivity index (χ2n) is 4.61. The Kier molecular flexibility index (Phi) is 3.35. The van der Waals surface area contributed by atoms with Gasteiger partial charge in [0.05, 0.1) is 6.20 Å². The first-order valence-corrected chi connectivity index (χ1v) is 6.50. The first kappa shape index (κ1) is 11.7. The van der Waals surface area contributed by atoms with E-state index in [2.05, 4.69) is 28.9 Å². The molecular weight excluding hydrogens is 220 g/mol. The third-order valence-electron chi connectivity index (χ3n) is 2.73. The highest BCUT2D eigenvalue weighted by Gasteiger charge is 2.28. The average molecular weight is 238 g/mol. The van der Waals surface area contributed by atoms with E-state index in [0.29, 0.717) is 6.54 Å². The molecule has 1 fully saturated rings. The number of rotatable bonds is 2. The van der Waals surface area contributed by atoms with Gasteiger partial charge in [-0.05, 0) is 19.9 Å². The number of hydrogen-bond donors (Lipinski definition) is 1. The molecule has 0 spiro atoms. The van der Waals surface area contributed by atoms with Crippen LogP contribution in [0.1, 0.15) is 19.4 Å². The van der Waals surface area contributed by atoms with Crippen molar-refractivity contribution in [3.05, 3.63) is 17.8 Å². The van der Waals surface area contributed by atoms with Crippen molar-refractivity contribution in [2.45, 2.75) is 25.1 Å². The van der Waals surface area contributed by atoms with Crippen LogP contribution in [0.5, 0.6) is 0 Å². The normalized spacial score (nSPS) is 19.8. The van der Waals surface area contributed by atoms with E-state index in [1.807, 2.05) is 17.8 Å². The highest BCUT2D eigenvalue weighted by molar-refractivity contribution is 8.00. The van der Waals surface area contributed by atoms with Gasteiger partial charge in [-0.1, -0.05) is 0 Å². The summed E-state index contributed by atoms with van der Waals surface area (Å²) in [6, 6.07) is 1.96. The second-order valence-corrected chi connectivity index (χ2v) is 6.42. The zero-order valence-electron chi connectivity index (χ0n) is 9.81. The summed E-state index contributed by atoms with van der Waals surface area (Å²) in [5.74, 6) is 2.09. The summed E-state index contributed by atoms with van der Waals surface area (Å²) in [4.78, 5) is 2.30. The molecule has 0 aliphatic carbocycles. The molecule has 2 heterocycles. The largest absolute Gasteiger partial charge is 0.353 e. The molecule has 0 saturated carbocycles. The molecule has 0 bridgehead atoms. The lowest BCUT2D eigenvalue weighted by atomic mass is 10.1. The van der Waals surface area contributed by atoms with Gasteiger partial charge < -0.3 is 10.6 Å². The molecule has 1 aromatic heterocycles. The van der Waals surface area contributed by atoms with Gasteiger partial charge in [0.15, 0.2) is 5.82 Å². The van der Waals surface area contributed by atoms with Gasteiger partial charge in [0.1, 0.15) is 0 Å². The minimum atomic E-state index is 0.279. The van der Waals surface area contributed by atoms with Crippen LogP contribution < -0.4 is 10.6 Å². The predicted octanol–water partition coefficient (Wildman–Crippen LogP) is 1.27. The van der Waals surface area contributed by atoms with Gasteiger partial charge in [-0.2, -0.15) is 16.9 Å². The van der Waals surface area contributed by atoms with Crippen molar-refractivity contribution < 1.29 is 0 Å². The Labute approximate surface area is 101 Å². The van der Waals surface area contributed by atoms with Crippen LogP contribution in [-0.2, 0) is 6.54 Å². The molecule has 2 N–H and O–H groups in total. The number of aromatic nitrogens is 2. The predicted molar refractivity (Wildman–Crippen MR) is 68.7 cm³/mol. The van der Waals surface area contributed by atoms with Crippen molar-refractivity contribution in [3.63, 3.8) is 0 Å². The van der Waals surface area contributed by atoms with Crippen LogP contribution in [0, 0.1) is 0 Å². The van der Waals surface area contributed by atoms with Gasteiger partial charge in [0.25, 0.3) is 0 Å². The lowest BCUT2D eigenvalue weighted by molar-refractivity contribution is 0.636. The Bertz CT molecular complexity index is 367. The maximum atomic E-state index is 5.73. The Morgan fingerprint density at radius 3 is 3.06 bits per heavy atom. The summed E-state index contributed by atoms with van der Waals surface area (Å²) >= 11 is 2.01. The van der Waals surface area contributed by atoms with E-state index in [1.165, 1.54) is 0 Å². The van der Waals surface area contributed by atoms with Crippen LogP contribution in [-0.4, -0.2) is 33.8 Å². The van der Waals surface area contributed by atoms with Gasteiger partial charge in [0, 0.05) is 35.7 Å². The molecule has 16 heavy (non-hydrogen) atoms. The van der Waals surface area contributed by atoms with E-state index in [-0.39, 0.29) is 4.75 Å². The van der Waals surface area contributed by atoms with Crippen molar-refractivity contribution in [1.82, 2.24) is 10.2 Å². The van der Waals surface area contributed by atoms with E-state index in [1.54, 1.807) is 6.20 Å². The molecule has 0 atom stereocenters. The standard InChI is InChI=1S/C11H18N4S/c1-11(2)8-15(5-6-16-11)10-9(7-12)3-4-13-14-10/h3-4H,5-8,12H2,1-2H3. The first-order valence-electron chi connectivity index (χ1n) is 5.52. The van der Waals surface area contributed by atoms with Crippen LogP contribution in [0.25, 0.3) is 0 Å². The van der Waals surface area contributed by atoms with Gasteiger partial charge in [-0.3, -0.25) is 0 Å². The monoisotopic (exact) mass is 238 g/mol. The summed E-state index contributed by atoms with van der Waals surface area (Å²) in [5, 5.41) is 8.19. The fraction of sp³-hybridized carbons (Fsp3) is 0.636. The lowest BCUT2D eigenvalue weighted by Crippen LogP contribution is -2.44. The van der Waals surface area contributed by atoms with E-state index in [9.17, 15) is 0 Å². The Morgan fingerprint density at radius 1 is 1.56 bits per heavy atom. The number of nitrogens with zero attached hydrogens (tertiary/aromatic N) is 3. The molecule has 2 rings (SSSR count). The highest BCUT2D eigenvalue weighted by Crippen LogP contribution is 2.32. The molecule has 0 aromatic carbocycles. The molecule has 0 amide bonds. The summed E-state index contributed by atoms with van der Waals surface area (Å²) in [6.07, 6.45) is 1.70. The number of anilines is 1. The van der Waals surface area contributed by atoms with Crippen molar-refractivity contribution in [2.75, 3.05) is 23.7 Å². The van der Waals surface area contributed by atoms with Crippen LogP contribution in [0.2, 0.25) is 0 Å². The van der Waals surface area contributed by atoms with Crippen molar-refractivity contribution in [2.24, 2.45) is 5.73 Å². The molecule has 4 nitrogen and oxygen atoms in total. The minimum Gasteiger partial charge on any atom is -0.353 e. The number of nitrogens with two attached hydrogens (primary N) is 1. The quantitative estimate of drug-likeness (QED) is 0.841. The van der Waals surface area contributed by atoms with Crippen molar-refractivity contribution in [3.8, 4) is 0 Å². The zero-order chi connectivity index (χ0) is 11.6. The van der Waals surface area contributed by atoms with Crippen molar-refractivity contribution >= 4 is 17.6 Å². The molecular formula is C11H18N4S. The molecule has 5 heteroatoms. The van der Waals surface area contributed by atoms with E-state index < -0.39 is 0 Å². The maximum absolute atomic E-state index is 5.73. The summed E-state index contributed by atoms with van der Waals surface area (Å²) in [5.41, 5.74) is 6.81. The van der Waals surface area contributed by atoms with E-state index in [4.69, 9.17) is 5.73 Å². The maximum Gasteiger partial charge on any atom is 0.155 e. The van der Waals surface area contributed by atoms with Gasteiger partial charge in [0.2, 0.25) is 0 Å². The number of thioether (sulfide) groups is 1. The SMILES string of the molecule is CC1(C)CN(c2nnccc2CN)CCS1. The van der Waals surface area contributed by atoms with Crippen LogP contribution in [0.4, 0.5) is 5.82 Å². The topological polar surface area (TPSA) is 55.0 Å². The third kappa shape index (κ3) is 2.47. The minimum absolute atomic E-state index is 0.279. The zero-order valence-corrected chi connectivity index (χ0v) is 10.6. The van der Waals surface area contributed by atoms with Crippen LogP contribution >= 0.6 is 11.8 Å². The summed E-state index contributed by atoms with van der Waals surface area (Å²) in [7, 11) is 0. The fourth-order valence-electron chi connectivity index (χ4n) is 1.97. The summed E-state index contributed by atoms with van der Waals surface area (Å²) in [6.45, 7) is 7.09. The Balaban J connectivity index is 2.23. The van der Waals surface area contributed by atoms with Gasteiger partial charge in [-0.25, -0.2) is 0 Å². The van der Waals surface area contributed by atoms with Gasteiger partial charge >= 0.3 is 0 Å². The number of hydrogen-bond acceptors (Lipinski definition) is 5. The fourth-order valence-corrected chi connectivity index (χ4v) is 3.08. The third-order valence-corrected chi connectivity index (χ3v) is 4.02. The molecule has 1 aromatic rings. The molecule has 0 unspecified atom stereocenters. The highest BCUT2D eigenvalue weighted by atomic mass is 32.2. The molecule has 0 radical (unpaired) electrons. The first-order chi connectivity index (χ1) is 7.62.